The molecule has 0 spiro atoms. The number of rotatable bonds is 8. The molecule has 0 aliphatic heterocycles. The predicted molar refractivity (Wildman–Crippen MR) is 133 cm³/mol. The van der Waals surface area contributed by atoms with Crippen LogP contribution in [0.4, 0.5) is 29.0 Å². The molecule has 0 atom stereocenters. The van der Waals surface area contributed by atoms with Crippen molar-refractivity contribution in [3.05, 3.63) is 54.6 Å². The summed E-state index contributed by atoms with van der Waals surface area (Å²) in [7, 11) is 3.91. The Labute approximate surface area is 191 Å². The number of anilines is 5. The van der Waals surface area contributed by atoms with Crippen LogP contribution in [0.25, 0.3) is 17.1 Å². The highest BCUT2D eigenvalue weighted by Crippen LogP contribution is 2.36. The van der Waals surface area contributed by atoms with E-state index in [4.69, 9.17) is 4.98 Å². The monoisotopic (exact) mass is 447 g/mol. The lowest BCUT2D eigenvalue weighted by molar-refractivity contribution is 0.720. The molecule has 32 heavy (non-hydrogen) atoms. The number of hydrogen-bond acceptors (Lipinski definition) is 9. The fourth-order valence-electron chi connectivity index (χ4n) is 3.37. The van der Waals surface area contributed by atoms with Crippen LogP contribution in [0.1, 0.15) is 18.2 Å². The average Bonchev–Trinajstić information content (AvgIpc) is 3.17. The number of fused-ring (bicyclic) bond motifs is 1. The van der Waals surface area contributed by atoms with Gasteiger partial charge in [-0.05, 0) is 18.6 Å². The van der Waals surface area contributed by atoms with E-state index >= 15 is 0 Å². The zero-order chi connectivity index (χ0) is 22.7. The molecular weight excluding hydrogens is 422 g/mol. The van der Waals surface area contributed by atoms with Crippen molar-refractivity contribution in [1.82, 2.24) is 29.7 Å². The summed E-state index contributed by atoms with van der Waals surface area (Å²) in [5.74, 6) is 1.77. The smallest absolute Gasteiger partial charge is 0.230 e. The van der Waals surface area contributed by atoms with Crippen LogP contribution in [0.3, 0.4) is 0 Å². The Kier molecular flexibility index (Phi) is 6.22. The normalized spacial score (nSPS) is 10.9. The van der Waals surface area contributed by atoms with Crippen LogP contribution in [0.15, 0.2) is 43.4 Å². The fraction of sp³-hybridized carbons (Fsp3) is 0.227. The van der Waals surface area contributed by atoms with Gasteiger partial charge in [-0.3, -0.25) is 14.6 Å². The van der Waals surface area contributed by atoms with Crippen molar-refractivity contribution in [2.45, 2.75) is 13.3 Å². The summed E-state index contributed by atoms with van der Waals surface area (Å²) in [6, 6.07) is 5.91. The number of nitrogens with zero attached hydrogens (tertiary/aromatic N) is 7. The zero-order valence-electron chi connectivity index (χ0n) is 18.5. The third kappa shape index (κ3) is 4.22. The topological polar surface area (TPSA) is 96.7 Å². The Bertz CT molecular complexity index is 1270. The van der Waals surface area contributed by atoms with Gasteiger partial charge in [-0.2, -0.15) is 10.1 Å². The molecule has 0 fully saturated rings. The van der Waals surface area contributed by atoms with Gasteiger partial charge in [0.25, 0.3) is 0 Å². The molecule has 3 heterocycles. The second kappa shape index (κ2) is 9.23. The minimum Gasteiger partial charge on any atom is -0.338 e. The Hall–Kier alpha value is -3.66. The first-order chi connectivity index (χ1) is 15.5. The largest absolute Gasteiger partial charge is 0.338 e. The van der Waals surface area contributed by atoms with Gasteiger partial charge < -0.3 is 14.9 Å². The Morgan fingerprint density at radius 2 is 2.00 bits per heavy atom. The molecule has 4 rings (SSSR count). The van der Waals surface area contributed by atoms with Crippen LogP contribution in [-0.4, -0.2) is 43.0 Å². The van der Waals surface area contributed by atoms with E-state index in [2.05, 4.69) is 44.2 Å². The molecule has 0 aliphatic rings. The van der Waals surface area contributed by atoms with Gasteiger partial charge in [0, 0.05) is 56.3 Å². The van der Waals surface area contributed by atoms with E-state index in [1.165, 1.54) is 0 Å². The number of aromatic nitrogens is 6. The van der Waals surface area contributed by atoms with Gasteiger partial charge in [0.2, 0.25) is 5.95 Å². The van der Waals surface area contributed by atoms with Gasteiger partial charge in [-0.15, -0.1) is 0 Å². The molecule has 0 saturated carbocycles. The lowest BCUT2D eigenvalue weighted by Gasteiger charge is -2.22. The van der Waals surface area contributed by atoms with Crippen molar-refractivity contribution in [1.29, 1.82) is 0 Å². The van der Waals surface area contributed by atoms with E-state index in [-0.39, 0.29) is 0 Å². The van der Waals surface area contributed by atoms with Crippen molar-refractivity contribution < 1.29 is 0 Å². The lowest BCUT2D eigenvalue weighted by atomic mass is 10.2. The maximum absolute atomic E-state index is 4.69. The number of nitrogens with one attached hydrogen (secondary N) is 2. The van der Waals surface area contributed by atoms with Crippen LogP contribution in [-0.2, 0) is 13.5 Å². The van der Waals surface area contributed by atoms with Crippen LogP contribution in [0.2, 0.25) is 0 Å². The number of aryl methyl sites for hydroxylation is 2. The highest BCUT2D eigenvalue weighted by molar-refractivity contribution is 7.99. The second-order valence-electron chi connectivity index (χ2n) is 7.02. The SMILES string of the molecule is C=Cc1cnc(Nc2cc(CC)n(C)n2)nc1Nc1ccc2nccnc2c1N(C)SC. The average molecular weight is 448 g/mol. The van der Waals surface area contributed by atoms with Crippen LogP contribution < -0.4 is 14.9 Å². The first-order valence-electron chi connectivity index (χ1n) is 10.1. The molecule has 0 saturated heterocycles. The molecule has 2 N–H and O–H groups in total. The lowest BCUT2D eigenvalue weighted by Crippen LogP contribution is -2.11. The highest BCUT2D eigenvalue weighted by atomic mass is 32.2. The third-order valence-electron chi connectivity index (χ3n) is 5.07. The van der Waals surface area contributed by atoms with E-state index in [0.717, 1.165) is 40.1 Å². The van der Waals surface area contributed by atoms with Gasteiger partial charge in [0.1, 0.15) is 11.3 Å². The summed E-state index contributed by atoms with van der Waals surface area (Å²) in [4.78, 5) is 18.1. The standard InChI is InChI=1S/C22H25N9S/c1-6-14-13-25-22(27-18-12-15(7-2)30(3)29-18)28-21(14)26-17-9-8-16-19(24-11-10-23-16)20(17)31(4)32-5/h6,8-13H,1,7H2,2-5H3,(H2,25,26,27,28,29). The molecule has 1 aromatic carbocycles. The quantitative estimate of drug-likeness (QED) is 0.377. The first-order valence-corrected chi connectivity index (χ1v) is 11.3. The summed E-state index contributed by atoms with van der Waals surface area (Å²) in [6.07, 6.45) is 9.75. The fourth-order valence-corrected chi connectivity index (χ4v) is 3.74. The van der Waals surface area contributed by atoms with Crippen molar-refractivity contribution in [2.24, 2.45) is 7.05 Å². The molecule has 0 aliphatic carbocycles. The van der Waals surface area contributed by atoms with Gasteiger partial charge >= 0.3 is 0 Å². The maximum atomic E-state index is 4.69. The van der Waals surface area contributed by atoms with E-state index < -0.39 is 0 Å². The van der Waals surface area contributed by atoms with Crippen LogP contribution in [0.5, 0.6) is 0 Å². The number of hydrogen-bond donors (Lipinski definition) is 2. The Balaban J connectivity index is 1.73. The zero-order valence-corrected chi connectivity index (χ0v) is 19.3. The summed E-state index contributed by atoms with van der Waals surface area (Å²) in [6.45, 7) is 6.00. The summed E-state index contributed by atoms with van der Waals surface area (Å²) in [5, 5.41) is 11.1. The summed E-state index contributed by atoms with van der Waals surface area (Å²) >= 11 is 1.59. The minimum atomic E-state index is 0.444. The molecule has 0 unspecified atom stereocenters. The van der Waals surface area contributed by atoms with E-state index in [9.17, 15) is 0 Å². The van der Waals surface area contributed by atoms with Gasteiger partial charge in [-0.1, -0.05) is 31.5 Å². The molecule has 0 bridgehead atoms. The molecular formula is C22H25N9S. The number of benzene rings is 1. The van der Waals surface area contributed by atoms with Crippen LogP contribution in [0, 0.1) is 0 Å². The predicted octanol–water partition coefficient (Wildman–Crippen LogP) is 4.56. The summed E-state index contributed by atoms with van der Waals surface area (Å²) in [5.41, 5.74) is 5.31. The van der Waals surface area contributed by atoms with E-state index in [0.29, 0.717) is 17.6 Å². The van der Waals surface area contributed by atoms with Gasteiger partial charge in [0.15, 0.2) is 5.82 Å². The highest BCUT2D eigenvalue weighted by Gasteiger charge is 2.16. The van der Waals surface area contributed by atoms with E-state index in [1.54, 1.807) is 36.6 Å². The summed E-state index contributed by atoms with van der Waals surface area (Å²) < 4.78 is 3.90. The van der Waals surface area contributed by atoms with Crippen molar-refractivity contribution in [3.8, 4) is 0 Å². The van der Waals surface area contributed by atoms with Crippen molar-refractivity contribution in [3.63, 3.8) is 0 Å². The third-order valence-corrected chi connectivity index (χ3v) is 5.80. The minimum absolute atomic E-state index is 0.444. The van der Waals surface area contributed by atoms with Crippen molar-refractivity contribution in [2.75, 3.05) is 28.2 Å². The molecule has 164 valence electrons. The molecule has 0 amide bonds. The van der Waals surface area contributed by atoms with Gasteiger partial charge in [-0.25, -0.2) is 4.98 Å². The van der Waals surface area contributed by atoms with E-state index in [1.807, 2.05) is 47.5 Å². The second-order valence-corrected chi connectivity index (χ2v) is 7.93. The maximum Gasteiger partial charge on any atom is 0.230 e. The Morgan fingerprint density at radius 1 is 1.19 bits per heavy atom. The molecule has 3 aromatic heterocycles. The molecule has 9 nitrogen and oxygen atoms in total. The van der Waals surface area contributed by atoms with Crippen molar-refractivity contribution >= 4 is 58.0 Å². The molecule has 10 heteroatoms. The van der Waals surface area contributed by atoms with Crippen LogP contribution >= 0.6 is 11.9 Å². The van der Waals surface area contributed by atoms with Gasteiger partial charge in [0.05, 0.1) is 16.9 Å². The Morgan fingerprint density at radius 3 is 2.72 bits per heavy atom. The first kappa shape index (κ1) is 21.6. The molecule has 0 radical (unpaired) electrons. The molecule has 4 aromatic rings.